The molecule has 0 saturated carbocycles. The number of benzene rings is 3. The lowest BCUT2D eigenvalue weighted by Gasteiger charge is -2.15. The molecule has 168 valence electrons. The summed E-state index contributed by atoms with van der Waals surface area (Å²) < 4.78 is 32.6. The van der Waals surface area contributed by atoms with Gasteiger partial charge in [0, 0.05) is 9.13 Å². The highest BCUT2D eigenvalue weighted by molar-refractivity contribution is 14.1. The Hall–Kier alpha value is -2.47. The van der Waals surface area contributed by atoms with Gasteiger partial charge in [0.15, 0.2) is 17.2 Å². The summed E-state index contributed by atoms with van der Waals surface area (Å²) in [7, 11) is 0. The predicted octanol–water partition coefficient (Wildman–Crippen LogP) is 6.36. The van der Waals surface area contributed by atoms with Crippen LogP contribution in [0, 0.1) is 13.0 Å². The molecule has 8 heteroatoms. The fourth-order valence-corrected chi connectivity index (χ4v) is 4.56. The normalized spacial score (nSPS) is 14.2. The Morgan fingerprint density at radius 3 is 2.64 bits per heavy atom. The molecule has 0 aromatic heterocycles. The highest BCUT2D eigenvalue weighted by Crippen LogP contribution is 2.36. The van der Waals surface area contributed by atoms with Crippen LogP contribution in [0.3, 0.4) is 0 Å². The van der Waals surface area contributed by atoms with Gasteiger partial charge in [0.1, 0.15) is 12.4 Å². The average molecular weight is 669 g/mol. The fourth-order valence-electron chi connectivity index (χ4n) is 3.17. The van der Waals surface area contributed by atoms with Crippen LogP contribution in [0.15, 0.2) is 71.4 Å². The molecule has 0 radical (unpaired) electrons. The Kier molecular flexibility index (Phi) is 7.63. The van der Waals surface area contributed by atoms with Gasteiger partial charge in [-0.05, 0) is 112 Å². The quantitative estimate of drug-likeness (QED) is 0.167. The lowest BCUT2D eigenvalue weighted by Crippen LogP contribution is -2.05. The lowest BCUT2D eigenvalue weighted by atomic mass is 10.1. The lowest BCUT2D eigenvalue weighted by molar-refractivity contribution is -0.129. The highest BCUT2D eigenvalue weighted by Gasteiger charge is 2.25. The first-order chi connectivity index (χ1) is 15.9. The second-order valence-electron chi connectivity index (χ2n) is 7.03. The van der Waals surface area contributed by atoms with Crippen molar-refractivity contribution in [2.45, 2.75) is 13.5 Å². The maximum Gasteiger partial charge on any atom is 0.363 e. The molecule has 1 heterocycles. The van der Waals surface area contributed by atoms with Crippen LogP contribution < -0.4 is 9.47 Å². The molecule has 3 aromatic rings. The third-order valence-electron chi connectivity index (χ3n) is 4.60. The molecule has 1 aliphatic heterocycles. The number of hydrogen-bond donors (Lipinski definition) is 0. The Morgan fingerprint density at radius 2 is 1.88 bits per heavy atom. The zero-order chi connectivity index (χ0) is 23.4. The summed E-state index contributed by atoms with van der Waals surface area (Å²) in [5.74, 6) is 0.253. The minimum Gasteiger partial charge on any atom is -0.490 e. The average Bonchev–Trinajstić information content (AvgIpc) is 3.14. The maximum atomic E-state index is 13.5. The van der Waals surface area contributed by atoms with Crippen molar-refractivity contribution in [3.63, 3.8) is 0 Å². The van der Waals surface area contributed by atoms with E-state index in [1.165, 1.54) is 18.2 Å². The number of carbonyl (C=O) groups excluding carboxylic acids is 1. The van der Waals surface area contributed by atoms with Gasteiger partial charge in [-0.3, -0.25) is 0 Å². The Morgan fingerprint density at radius 1 is 1.06 bits per heavy atom. The van der Waals surface area contributed by atoms with Gasteiger partial charge in [0.05, 0.1) is 10.2 Å². The molecular formula is C25H18FI2NO4. The molecule has 0 N–H and O–H groups in total. The number of rotatable bonds is 7. The fraction of sp³-hybridized carbons (Fsp3) is 0.120. The largest absolute Gasteiger partial charge is 0.490 e. The van der Waals surface area contributed by atoms with Crippen LogP contribution in [-0.2, 0) is 16.1 Å². The number of ether oxygens (including phenoxy) is 3. The van der Waals surface area contributed by atoms with Crippen molar-refractivity contribution < 1.29 is 23.4 Å². The molecular weight excluding hydrogens is 651 g/mol. The molecule has 33 heavy (non-hydrogen) atoms. The van der Waals surface area contributed by atoms with Crippen LogP contribution in [0.4, 0.5) is 4.39 Å². The van der Waals surface area contributed by atoms with Crippen LogP contribution in [0.5, 0.6) is 11.5 Å². The van der Waals surface area contributed by atoms with Gasteiger partial charge < -0.3 is 14.2 Å². The number of cyclic esters (lactones) is 1. The van der Waals surface area contributed by atoms with E-state index in [1.807, 2.05) is 31.2 Å². The van der Waals surface area contributed by atoms with E-state index in [-0.39, 0.29) is 11.6 Å². The third kappa shape index (κ3) is 5.91. The summed E-state index contributed by atoms with van der Waals surface area (Å²) >= 11 is 4.45. The first kappa shape index (κ1) is 23.7. The number of halogens is 3. The molecule has 0 saturated heterocycles. The second kappa shape index (κ2) is 10.6. The van der Waals surface area contributed by atoms with E-state index in [0.717, 1.165) is 12.7 Å². The number of hydrogen-bond acceptors (Lipinski definition) is 5. The summed E-state index contributed by atoms with van der Waals surface area (Å²) in [5.41, 5.74) is 2.29. The molecule has 4 rings (SSSR count). The van der Waals surface area contributed by atoms with Gasteiger partial charge >= 0.3 is 5.97 Å². The number of nitrogens with zero attached hydrogens (tertiary/aromatic N) is 1. The van der Waals surface area contributed by atoms with E-state index in [0.29, 0.717) is 35.8 Å². The van der Waals surface area contributed by atoms with Crippen molar-refractivity contribution in [3.05, 3.63) is 96.0 Å². The van der Waals surface area contributed by atoms with E-state index in [4.69, 9.17) is 14.2 Å². The SMILES string of the molecule is CCOc1cc(/C=C2\N=C(c3cccc(F)c3)OC2=O)cc(I)c1OCc1cccc(I)c1. The molecule has 0 fully saturated rings. The standard InChI is InChI=1S/C25H18FI2NO4/c1-2-31-22-12-16(10-20(28)23(22)32-14-15-5-3-8-19(27)9-15)11-21-25(30)33-24(29-21)17-6-4-7-18(26)13-17/h3-13H,2,14H2,1H3/b21-11-. The third-order valence-corrected chi connectivity index (χ3v) is 6.07. The molecule has 0 aliphatic carbocycles. The van der Waals surface area contributed by atoms with Gasteiger partial charge in [-0.1, -0.05) is 18.2 Å². The monoisotopic (exact) mass is 669 g/mol. The molecule has 0 atom stereocenters. The Bertz CT molecular complexity index is 1270. The van der Waals surface area contributed by atoms with E-state index < -0.39 is 11.8 Å². The molecule has 5 nitrogen and oxygen atoms in total. The van der Waals surface area contributed by atoms with Crippen LogP contribution in [-0.4, -0.2) is 18.5 Å². The van der Waals surface area contributed by atoms with E-state index in [2.05, 4.69) is 56.2 Å². The number of carbonyl (C=O) groups is 1. The van der Waals surface area contributed by atoms with Crippen LogP contribution in [0.25, 0.3) is 6.08 Å². The number of aliphatic imine (C=N–C) groups is 1. The molecule has 0 bridgehead atoms. The van der Waals surface area contributed by atoms with Gasteiger partial charge in [0.2, 0.25) is 5.90 Å². The molecule has 1 aliphatic rings. The summed E-state index contributed by atoms with van der Waals surface area (Å²) in [6, 6.07) is 17.5. The smallest absolute Gasteiger partial charge is 0.363 e. The first-order valence-corrected chi connectivity index (χ1v) is 12.2. The topological polar surface area (TPSA) is 57.1 Å². The van der Waals surface area contributed by atoms with Gasteiger partial charge in [-0.2, -0.15) is 0 Å². The van der Waals surface area contributed by atoms with Gasteiger partial charge in [-0.25, -0.2) is 14.2 Å². The van der Waals surface area contributed by atoms with Crippen molar-refractivity contribution in [3.8, 4) is 11.5 Å². The van der Waals surface area contributed by atoms with Crippen LogP contribution in [0.1, 0.15) is 23.6 Å². The van der Waals surface area contributed by atoms with Crippen molar-refractivity contribution in [2.24, 2.45) is 4.99 Å². The van der Waals surface area contributed by atoms with Crippen molar-refractivity contribution in [1.29, 1.82) is 0 Å². The Balaban J connectivity index is 1.61. The Labute approximate surface area is 217 Å². The summed E-state index contributed by atoms with van der Waals surface area (Å²) in [6.45, 7) is 2.76. The second-order valence-corrected chi connectivity index (χ2v) is 9.44. The van der Waals surface area contributed by atoms with Crippen molar-refractivity contribution in [2.75, 3.05) is 6.61 Å². The van der Waals surface area contributed by atoms with Crippen molar-refractivity contribution >= 4 is 63.1 Å². The minimum absolute atomic E-state index is 0.0722. The summed E-state index contributed by atoms with van der Waals surface area (Å²) in [6.07, 6.45) is 1.61. The molecule has 0 unspecified atom stereocenters. The first-order valence-electron chi connectivity index (χ1n) is 10.0. The van der Waals surface area contributed by atoms with Crippen LogP contribution in [0.2, 0.25) is 0 Å². The predicted molar refractivity (Wildman–Crippen MR) is 141 cm³/mol. The summed E-state index contributed by atoms with van der Waals surface area (Å²) in [4.78, 5) is 16.6. The van der Waals surface area contributed by atoms with Gasteiger partial charge in [0.25, 0.3) is 0 Å². The molecule has 0 spiro atoms. The van der Waals surface area contributed by atoms with Gasteiger partial charge in [-0.15, -0.1) is 0 Å². The molecule has 0 amide bonds. The summed E-state index contributed by atoms with van der Waals surface area (Å²) in [5, 5.41) is 0. The maximum absolute atomic E-state index is 13.5. The zero-order valence-corrected chi connectivity index (χ0v) is 21.8. The zero-order valence-electron chi connectivity index (χ0n) is 17.5. The minimum atomic E-state index is -0.596. The molecule has 3 aromatic carbocycles. The van der Waals surface area contributed by atoms with E-state index in [9.17, 15) is 9.18 Å². The van der Waals surface area contributed by atoms with Crippen molar-refractivity contribution in [1.82, 2.24) is 0 Å². The highest BCUT2D eigenvalue weighted by atomic mass is 127. The van der Waals surface area contributed by atoms with Crippen LogP contribution >= 0.6 is 45.2 Å². The van der Waals surface area contributed by atoms with E-state index in [1.54, 1.807) is 18.2 Å². The number of esters is 1. The van der Waals surface area contributed by atoms with E-state index >= 15 is 0 Å².